The van der Waals surface area contributed by atoms with Gasteiger partial charge in [-0.3, -0.25) is 14.4 Å². The van der Waals surface area contributed by atoms with Crippen LogP contribution < -0.4 is 16.0 Å². The first-order chi connectivity index (χ1) is 15.5. The van der Waals surface area contributed by atoms with Gasteiger partial charge in [-0.25, -0.2) is 4.98 Å². The van der Waals surface area contributed by atoms with Crippen LogP contribution in [-0.4, -0.2) is 28.7 Å². The maximum atomic E-state index is 12.5. The Morgan fingerprint density at radius 2 is 1.79 bits per heavy atom. The van der Waals surface area contributed by atoms with Crippen molar-refractivity contribution in [1.29, 1.82) is 0 Å². The first-order valence-corrected chi connectivity index (χ1v) is 11.4. The molecule has 3 N–H and O–H groups in total. The Balaban J connectivity index is 1.56. The molecule has 1 atom stereocenters. The molecule has 0 bridgehead atoms. The Labute approximate surface area is 196 Å². The maximum absolute atomic E-state index is 12.5. The predicted molar refractivity (Wildman–Crippen MR) is 128 cm³/mol. The first kappa shape index (κ1) is 24.2. The Morgan fingerprint density at radius 3 is 2.42 bits per heavy atom. The summed E-state index contributed by atoms with van der Waals surface area (Å²) >= 11 is 1.25. The molecule has 3 amide bonds. The number of benzene rings is 1. The Hall–Kier alpha value is -3.46. The summed E-state index contributed by atoms with van der Waals surface area (Å²) in [6.45, 7) is 9.66. The standard InChI is InChI=1S/C24H28N4O4S/c1-14(26-22(31)16-6-8-17(9-7-16)24(3,4)5)21(30)28-23-27-19(13-33-23)20-11-10-18(32-20)12-25-15(2)29/h6-11,13-14H,12H2,1-5H3,(H,25,29)(H,26,31)(H,27,28,30)/t14-/m0/s1. The monoisotopic (exact) mass is 468 g/mol. The van der Waals surface area contributed by atoms with Crippen molar-refractivity contribution in [3.05, 3.63) is 58.7 Å². The quantitative estimate of drug-likeness (QED) is 0.483. The average Bonchev–Trinajstić information content (AvgIpc) is 3.41. The number of rotatable bonds is 7. The number of nitrogens with one attached hydrogen (secondary N) is 3. The number of hydrogen-bond donors (Lipinski definition) is 3. The fourth-order valence-electron chi connectivity index (χ4n) is 2.95. The second-order valence-corrected chi connectivity index (χ2v) is 9.58. The smallest absolute Gasteiger partial charge is 0.251 e. The molecule has 33 heavy (non-hydrogen) atoms. The number of hydrogen-bond acceptors (Lipinski definition) is 6. The van der Waals surface area contributed by atoms with E-state index in [0.29, 0.717) is 34.5 Å². The molecular formula is C24H28N4O4S. The zero-order valence-electron chi connectivity index (χ0n) is 19.3. The van der Waals surface area contributed by atoms with E-state index in [-0.39, 0.29) is 23.1 Å². The molecule has 0 aliphatic heterocycles. The van der Waals surface area contributed by atoms with Gasteiger partial charge in [-0.05, 0) is 42.2 Å². The molecule has 0 fully saturated rings. The van der Waals surface area contributed by atoms with E-state index >= 15 is 0 Å². The zero-order valence-corrected chi connectivity index (χ0v) is 20.1. The number of thiazole rings is 1. The lowest BCUT2D eigenvalue weighted by Gasteiger charge is -2.19. The van der Waals surface area contributed by atoms with Crippen LogP contribution in [0.4, 0.5) is 5.13 Å². The summed E-state index contributed by atoms with van der Waals surface area (Å²) in [7, 11) is 0. The molecule has 0 spiro atoms. The van der Waals surface area contributed by atoms with Gasteiger partial charge in [0, 0.05) is 17.9 Å². The van der Waals surface area contributed by atoms with Crippen LogP contribution in [0.1, 0.15) is 56.3 Å². The highest BCUT2D eigenvalue weighted by molar-refractivity contribution is 7.14. The summed E-state index contributed by atoms with van der Waals surface area (Å²) in [5.74, 6) is 0.300. The molecule has 0 aliphatic rings. The number of nitrogens with zero attached hydrogens (tertiary/aromatic N) is 1. The molecule has 3 aromatic rings. The molecule has 0 unspecified atom stereocenters. The molecule has 174 valence electrons. The molecule has 0 radical (unpaired) electrons. The molecule has 9 heteroatoms. The second-order valence-electron chi connectivity index (χ2n) is 8.73. The summed E-state index contributed by atoms with van der Waals surface area (Å²) in [5.41, 5.74) is 2.19. The van der Waals surface area contributed by atoms with E-state index in [0.717, 1.165) is 5.56 Å². The molecule has 2 aromatic heterocycles. The predicted octanol–water partition coefficient (Wildman–Crippen LogP) is 4.09. The number of amides is 3. The van der Waals surface area contributed by atoms with Gasteiger partial charge in [0.25, 0.3) is 5.91 Å². The summed E-state index contributed by atoms with van der Waals surface area (Å²) in [6.07, 6.45) is 0. The van der Waals surface area contributed by atoms with Gasteiger partial charge >= 0.3 is 0 Å². The number of carbonyl (C=O) groups excluding carboxylic acids is 3. The molecule has 2 heterocycles. The number of anilines is 1. The van der Waals surface area contributed by atoms with Gasteiger partial charge < -0.3 is 20.4 Å². The van der Waals surface area contributed by atoms with Gasteiger partial charge in [-0.1, -0.05) is 32.9 Å². The van der Waals surface area contributed by atoms with Crippen LogP contribution in [-0.2, 0) is 21.5 Å². The fraction of sp³-hybridized carbons (Fsp3) is 0.333. The maximum Gasteiger partial charge on any atom is 0.251 e. The lowest BCUT2D eigenvalue weighted by Crippen LogP contribution is -2.41. The van der Waals surface area contributed by atoms with Crippen molar-refractivity contribution < 1.29 is 18.8 Å². The van der Waals surface area contributed by atoms with Crippen LogP contribution in [0.15, 0.2) is 46.2 Å². The molecule has 3 rings (SSSR count). The van der Waals surface area contributed by atoms with Crippen molar-refractivity contribution in [2.45, 2.75) is 52.6 Å². The normalized spacial score (nSPS) is 12.2. The largest absolute Gasteiger partial charge is 0.458 e. The van der Waals surface area contributed by atoms with Crippen LogP contribution in [0, 0.1) is 0 Å². The topological polar surface area (TPSA) is 113 Å². The molecule has 0 aliphatic carbocycles. The van der Waals surface area contributed by atoms with E-state index in [1.54, 1.807) is 36.6 Å². The van der Waals surface area contributed by atoms with Gasteiger partial charge in [-0.2, -0.15) is 0 Å². The third-order valence-corrected chi connectivity index (χ3v) is 5.67. The van der Waals surface area contributed by atoms with E-state index < -0.39 is 6.04 Å². The first-order valence-electron chi connectivity index (χ1n) is 10.5. The molecule has 8 nitrogen and oxygen atoms in total. The highest BCUT2D eigenvalue weighted by atomic mass is 32.1. The van der Waals surface area contributed by atoms with Crippen LogP contribution in [0.25, 0.3) is 11.5 Å². The summed E-state index contributed by atoms with van der Waals surface area (Å²) in [4.78, 5) is 40.5. The molecular weight excluding hydrogens is 440 g/mol. The minimum absolute atomic E-state index is 0.00258. The lowest BCUT2D eigenvalue weighted by molar-refractivity contribution is -0.119. The van der Waals surface area contributed by atoms with E-state index in [1.807, 2.05) is 12.1 Å². The number of carbonyl (C=O) groups is 3. The minimum atomic E-state index is -0.750. The van der Waals surface area contributed by atoms with Crippen molar-refractivity contribution in [3.63, 3.8) is 0 Å². The average molecular weight is 469 g/mol. The van der Waals surface area contributed by atoms with Crippen molar-refractivity contribution >= 4 is 34.2 Å². The highest BCUT2D eigenvalue weighted by Crippen LogP contribution is 2.27. The Morgan fingerprint density at radius 1 is 1.09 bits per heavy atom. The minimum Gasteiger partial charge on any atom is -0.458 e. The third kappa shape index (κ3) is 6.52. The SMILES string of the molecule is CC(=O)NCc1ccc(-c2csc(NC(=O)[C@H](C)NC(=O)c3ccc(C(C)(C)C)cc3)n2)o1. The van der Waals surface area contributed by atoms with Crippen LogP contribution in [0.3, 0.4) is 0 Å². The van der Waals surface area contributed by atoms with Crippen molar-refractivity contribution in [2.24, 2.45) is 0 Å². The van der Waals surface area contributed by atoms with Gasteiger partial charge in [0.1, 0.15) is 17.5 Å². The van der Waals surface area contributed by atoms with Crippen LogP contribution in [0.2, 0.25) is 0 Å². The summed E-state index contributed by atoms with van der Waals surface area (Å²) in [6, 6.07) is 10.1. The van der Waals surface area contributed by atoms with Crippen molar-refractivity contribution in [1.82, 2.24) is 15.6 Å². The van der Waals surface area contributed by atoms with E-state index in [4.69, 9.17) is 4.42 Å². The van der Waals surface area contributed by atoms with Gasteiger partial charge in [-0.15, -0.1) is 11.3 Å². The van der Waals surface area contributed by atoms with Crippen LogP contribution in [0.5, 0.6) is 0 Å². The Bertz CT molecular complexity index is 1140. The fourth-order valence-corrected chi connectivity index (χ4v) is 3.65. The summed E-state index contributed by atoms with van der Waals surface area (Å²) < 4.78 is 5.68. The van der Waals surface area contributed by atoms with Crippen molar-refractivity contribution in [2.75, 3.05) is 5.32 Å². The third-order valence-electron chi connectivity index (χ3n) is 4.91. The van der Waals surface area contributed by atoms with Gasteiger partial charge in [0.15, 0.2) is 10.9 Å². The zero-order chi connectivity index (χ0) is 24.2. The highest BCUT2D eigenvalue weighted by Gasteiger charge is 2.20. The molecule has 0 saturated heterocycles. The number of furan rings is 1. The summed E-state index contributed by atoms with van der Waals surface area (Å²) in [5, 5.41) is 10.3. The van der Waals surface area contributed by atoms with E-state index in [2.05, 4.69) is 41.7 Å². The van der Waals surface area contributed by atoms with Crippen LogP contribution >= 0.6 is 11.3 Å². The van der Waals surface area contributed by atoms with Gasteiger partial charge in [0.2, 0.25) is 11.8 Å². The van der Waals surface area contributed by atoms with Crippen molar-refractivity contribution in [3.8, 4) is 11.5 Å². The Kier molecular flexibility index (Phi) is 7.33. The van der Waals surface area contributed by atoms with E-state index in [1.165, 1.54) is 18.3 Å². The molecule has 1 aromatic carbocycles. The lowest BCUT2D eigenvalue weighted by atomic mass is 9.86. The second kappa shape index (κ2) is 9.99. The number of aromatic nitrogens is 1. The van der Waals surface area contributed by atoms with Gasteiger partial charge in [0.05, 0.1) is 6.54 Å². The molecule has 0 saturated carbocycles. The van der Waals surface area contributed by atoms with E-state index in [9.17, 15) is 14.4 Å².